The maximum absolute atomic E-state index is 12.7. The number of methoxy groups -OCH3 is 1. The van der Waals surface area contributed by atoms with Crippen molar-refractivity contribution in [3.05, 3.63) is 52.9 Å². The SMILES string of the molecule is COc1ccc2c(=O)n(CCN(C)C)nc(-c3ccccn3)c2c1. The molecule has 0 aliphatic carbocycles. The molecule has 2 heterocycles. The molecule has 6 heteroatoms. The zero-order valence-electron chi connectivity index (χ0n) is 14.1. The molecule has 1 aromatic carbocycles. The highest BCUT2D eigenvalue weighted by Crippen LogP contribution is 2.26. The van der Waals surface area contributed by atoms with Crippen molar-refractivity contribution < 1.29 is 4.74 Å². The summed E-state index contributed by atoms with van der Waals surface area (Å²) in [6, 6.07) is 11.1. The molecule has 0 aliphatic heterocycles. The van der Waals surface area contributed by atoms with Crippen LogP contribution in [0.4, 0.5) is 0 Å². The van der Waals surface area contributed by atoms with Crippen molar-refractivity contribution in [3.8, 4) is 17.1 Å². The number of benzene rings is 1. The molecule has 24 heavy (non-hydrogen) atoms. The molecule has 0 bridgehead atoms. The molecule has 0 aliphatic rings. The van der Waals surface area contributed by atoms with Gasteiger partial charge >= 0.3 is 0 Å². The third-order valence-electron chi connectivity index (χ3n) is 3.83. The molecule has 124 valence electrons. The summed E-state index contributed by atoms with van der Waals surface area (Å²) in [7, 11) is 5.54. The van der Waals surface area contributed by atoms with Crippen LogP contribution in [-0.2, 0) is 6.54 Å². The van der Waals surface area contributed by atoms with Crippen LogP contribution in [0.15, 0.2) is 47.4 Å². The van der Waals surface area contributed by atoms with Gasteiger partial charge in [0.2, 0.25) is 0 Å². The smallest absolute Gasteiger partial charge is 0.274 e. The Morgan fingerprint density at radius 3 is 2.67 bits per heavy atom. The Balaban J connectivity index is 2.25. The van der Waals surface area contributed by atoms with Crippen molar-refractivity contribution in [1.29, 1.82) is 0 Å². The molecule has 0 spiro atoms. The number of pyridine rings is 1. The number of hydrogen-bond acceptors (Lipinski definition) is 5. The van der Waals surface area contributed by atoms with Gasteiger partial charge in [-0.2, -0.15) is 5.10 Å². The minimum Gasteiger partial charge on any atom is -0.497 e. The minimum absolute atomic E-state index is 0.103. The van der Waals surface area contributed by atoms with E-state index in [0.29, 0.717) is 23.4 Å². The summed E-state index contributed by atoms with van der Waals surface area (Å²) < 4.78 is 6.81. The fourth-order valence-corrected chi connectivity index (χ4v) is 2.53. The van der Waals surface area contributed by atoms with Gasteiger partial charge in [0, 0.05) is 18.1 Å². The minimum atomic E-state index is -0.103. The van der Waals surface area contributed by atoms with E-state index in [1.165, 1.54) is 4.68 Å². The molecule has 0 N–H and O–H groups in total. The lowest BCUT2D eigenvalue weighted by Gasteiger charge is -2.14. The zero-order chi connectivity index (χ0) is 17.1. The molecule has 6 nitrogen and oxygen atoms in total. The maximum Gasteiger partial charge on any atom is 0.274 e. The monoisotopic (exact) mass is 324 g/mol. The van der Waals surface area contributed by atoms with Crippen LogP contribution in [0.1, 0.15) is 0 Å². The molecule has 0 unspecified atom stereocenters. The van der Waals surface area contributed by atoms with Gasteiger partial charge in [-0.05, 0) is 44.4 Å². The fourth-order valence-electron chi connectivity index (χ4n) is 2.53. The largest absolute Gasteiger partial charge is 0.497 e. The predicted octanol–water partition coefficient (Wildman–Crippen LogP) is 2.03. The number of likely N-dealkylation sites (N-methyl/N-ethyl adjacent to an activating group) is 1. The summed E-state index contributed by atoms with van der Waals surface area (Å²) in [5, 5.41) is 5.94. The fraction of sp³-hybridized carbons (Fsp3) is 0.278. The topological polar surface area (TPSA) is 60.2 Å². The Morgan fingerprint density at radius 2 is 2.00 bits per heavy atom. The van der Waals surface area contributed by atoms with E-state index >= 15 is 0 Å². The van der Waals surface area contributed by atoms with E-state index in [1.807, 2.05) is 43.3 Å². The van der Waals surface area contributed by atoms with Crippen molar-refractivity contribution in [1.82, 2.24) is 19.7 Å². The number of hydrogen-bond donors (Lipinski definition) is 0. The first kappa shape index (κ1) is 16.1. The first-order chi connectivity index (χ1) is 11.6. The molecule has 0 atom stereocenters. The summed E-state index contributed by atoms with van der Waals surface area (Å²) in [6.07, 6.45) is 1.72. The lowest BCUT2D eigenvalue weighted by molar-refractivity contribution is 0.369. The van der Waals surface area contributed by atoms with Crippen LogP contribution in [0.5, 0.6) is 5.75 Å². The first-order valence-electron chi connectivity index (χ1n) is 7.75. The van der Waals surface area contributed by atoms with Gasteiger partial charge in [0.25, 0.3) is 5.56 Å². The standard InChI is InChI=1S/C18H20N4O2/c1-21(2)10-11-22-18(23)14-8-7-13(24-3)12-15(14)17(20-22)16-6-4-5-9-19-16/h4-9,12H,10-11H2,1-3H3. The number of aromatic nitrogens is 3. The maximum atomic E-state index is 12.7. The quantitative estimate of drug-likeness (QED) is 0.719. The second-order valence-corrected chi connectivity index (χ2v) is 5.81. The van der Waals surface area contributed by atoms with Gasteiger partial charge < -0.3 is 9.64 Å². The van der Waals surface area contributed by atoms with Gasteiger partial charge in [0.1, 0.15) is 11.4 Å². The van der Waals surface area contributed by atoms with Crippen molar-refractivity contribution in [3.63, 3.8) is 0 Å². The van der Waals surface area contributed by atoms with Gasteiger partial charge in [-0.15, -0.1) is 0 Å². The predicted molar refractivity (Wildman–Crippen MR) is 94.3 cm³/mol. The van der Waals surface area contributed by atoms with Gasteiger partial charge in [0.05, 0.1) is 24.7 Å². The highest BCUT2D eigenvalue weighted by atomic mass is 16.5. The van der Waals surface area contributed by atoms with E-state index in [2.05, 4.69) is 10.1 Å². The molecule has 0 saturated heterocycles. The second kappa shape index (κ2) is 6.80. The van der Waals surface area contributed by atoms with E-state index in [1.54, 1.807) is 25.4 Å². The Labute approximate surface area is 140 Å². The normalized spacial score (nSPS) is 11.2. The van der Waals surface area contributed by atoms with Crippen LogP contribution in [0, 0.1) is 0 Å². The van der Waals surface area contributed by atoms with Crippen molar-refractivity contribution >= 4 is 10.8 Å². The zero-order valence-corrected chi connectivity index (χ0v) is 14.1. The third kappa shape index (κ3) is 3.14. The Hall–Kier alpha value is -2.73. The molecule has 3 rings (SSSR count). The number of rotatable bonds is 5. The van der Waals surface area contributed by atoms with Crippen LogP contribution >= 0.6 is 0 Å². The Bertz CT molecular complexity index is 904. The van der Waals surface area contributed by atoms with E-state index in [-0.39, 0.29) is 5.56 Å². The van der Waals surface area contributed by atoms with Crippen molar-refractivity contribution in [2.75, 3.05) is 27.7 Å². The van der Waals surface area contributed by atoms with E-state index in [9.17, 15) is 4.79 Å². The molecule has 2 aromatic heterocycles. The van der Waals surface area contributed by atoms with E-state index < -0.39 is 0 Å². The van der Waals surface area contributed by atoms with Crippen LogP contribution in [0.25, 0.3) is 22.2 Å². The molecule has 0 radical (unpaired) electrons. The molecule has 3 aromatic rings. The van der Waals surface area contributed by atoms with Gasteiger partial charge in [0.15, 0.2) is 0 Å². The number of ether oxygens (including phenoxy) is 1. The Kier molecular flexibility index (Phi) is 4.57. The summed E-state index contributed by atoms with van der Waals surface area (Å²) in [4.78, 5) is 19.2. The average Bonchev–Trinajstić information content (AvgIpc) is 2.61. The summed E-state index contributed by atoms with van der Waals surface area (Å²) in [5.74, 6) is 0.687. The highest BCUT2D eigenvalue weighted by molar-refractivity contribution is 5.93. The van der Waals surface area contributed by atoms with Crippen LogP contribution in [-0.4, -0.2) is 47.4 Å². The Morgan fingerprint density at radius 1 is 1.17 bits per heavy atom. The summed E-state index contributed by atoms with van der Waals surface area (Å²) in [6.45, 7) is 1.25. The van der Waals surface area contributed by atoms with E-state index in [4.69, 9.17) is 4.74 Å². The summed E-state index contributed by atoms with van der Waals surface area (Å²) >= 11 is 0. The van der Waals surface area contributed by atoms with E-state index in [0.717, 1.165) is 17.6 Å². The van der Waals surface area contributed by atoms with Gasteiger partial charge in [-0.3, -0.25) is 9.78 Å². The van der Waals surface area contributed by atoms with Crippen LogP contribution in [0.3, 0.4) is 0 Å². The first-order valence-corrected chi connectivity index (χ1v) is 7.75. The van der Waals surface area contributed by atoms with Crippen LogP contribution in [0.2, 0.25) is 0 Å². The van der Waals surface area contributed by atoms with Crippen molar-refractivity contribution in [2.24, 2.45) is 0 Å². The summed E-state index contributed by atoms with van der Waals surface area (Å²) in [5.41, 5.74) is 1.31. The van der Waals surface area contributed by atoms with Crippen molar-refractivity contribution in [2.45, 2.75) is 6.54 Å². The highest BCUT2D eigenvalue weighted by Gasteiger charge is 2.14. The number of nitrogens with zero attached hydrogens (tertiary/aromatic N) is 4. The molecule has 0 amide bonds. The average molecular weight is 324 g/mol. The van der Waals surface area contributed by atoms with Crippen LogP contribution < -0.4 is 10.3 Å². The van der Waals surface area contributed by atoms with Gasteiger partial charge in [-0.25, -0.2) is 4.68 Å². The molecular weight excluding hydrogens is 304 g/mol. The molecule has 0 fully saturated rings. The molecule has 0 saturated carbocycles. The second-order valence-electron chi connectivity index (χ2n) is 5.81. The number of fused-ring (bicyclic) bond motifs is 1. The lowest BCUT2D eigenvalue weighted by Crippen LogP contribution is -2.29. The molecular formula is C18H20N4O2. The van der Waals surface area contributed by atoms with Gasteiger partial charge in [-0.1, -0.05) is 6.07 Å². The third-order valence-corrected chi connectivity index (χ3v) is 3.83. The lowest BCUT2D eigenvalue weighted by atomic mass is 10.1.